The molecule has 2 aromatic heterocycles. The van der Waals surface area contributed by atoms with Gasteiger partial charge in [0.15, 0.2) is 0 Å². The molecule has 100 valence electrons. The van der Waals surface area contributed by atoms with E-state index >= 15 is 0 Å². The smallest absolute Gasteiger partial charge is 0.270 e. The summed E-state index contributed by atoms with van der Waals surface area (Å²) in [5.74, 6) is 0.930. The van der Waals surface area contributed by atoms with Crippen LogP contribution in [0.4, 0.5) is 5.82 Å². The molecule has 4 nitrogen and oxygen atoms in total. The van der Waals surface area contributed by atoms with Crippen LogP contribution in [0.3, 0.4) is 0 Å². The molecule has 1 aliphatic rings. The van der Waals surface area contributed by atoms with Gasteiger partial charge < -0.3 is 0 Å². The summed E-state index contributed by atoms with van der Waals surface area (Å²) in [4.78, 5) is 15.3. The van der Waals surface area contributed by atoms with Gasteiger partial charge in [0.05, 0.1) is 12.2 Å². The lowest BCUT2D eigenvalue weighted by Crippen LogP contribution is -2.44. The van der Waals surface area contributed by atoms with E-state index in [2.05, 4.69) is 34.9 Å². The van der Waals surface area contributed by atoms with Crippen molar-refractivity contribution in [2.24, 2.45) is 0 Å². The molecule has 0 saturated carbocycles. The van der Waals surface area contributed by atoms with Gasteiger partial charge in [-0.3, -0.25) is 9.69 Å². The summed E-state index contributed by atoms with van der Waals surface area (Å²) in [6.07, 6.45) is 2.68. The molecule has 1 amide bonds. The van der Waals surface area contributed by atoms with E-state index in [0.717, 1.165) is 21.6 Å². The number of hydrogen-bond donors (Lipinski definition) is 0. The second-order valence-corrected chi connectivity index (χ2v) is 6.61. The Morgan fingerprint density at radius 2 is 2.21 bits per heavy atom. The molecular weight excluding hydrogens is 326 g/mol. The Morgan fingerprint density at radius 3 is 2.89 bits per heavy atom. The quantitative estimate of drug-likeness (QED) is 0.794. The third kappa shape index (κ3) is 2.03. The minimum atomic E-state index is 0.0445. The molecular formula is C13H14BrN3OS. The van der Waals surface area contributed by atoms with Crippen molar-refractivity contribution in [2.45, 2.75) is 32.4 Å². The maximum Gasteiger partial charge on any atom is 0.270 e. The van der Waals surface area contributed by atoms with E-state index in [1.54, 1.807) is 6.20 Å². The minimum Gasteiger partial charge on any atom is -0.289 e. The van der Waals surface area contributed by atoms with Crippen LogP contribution in [0, 0.1) is 0 Å². The number of amides is 1. The van der Waals surface area contributed by atoms with Gasteiger partial charge in [0, 0.05) is 16.6 Å². The molecule has 3 rings (SSSR count). The zero-order chi connectivity index (χ0) is 13.6. The summed E-state index contributed by atoms with van der Waals surface area (Å²) in [7, 11) is 0. The van der Waals surface area contributed by atoms with Gasteiger partial charge >= 0.3 is 0 Å². The number of rotatable bonds is 1. The molecule has 0 N–H and O–H groups in total. The summed E-state index contributed by atoms with van der Waals surface area (Å²) in [6, 6.07) is 4.33. The standard InChI is InChI=1S/C13H14BrN3OS/c1-8-7-9(2)17-11(3-5-15-17)16(8)13(18)12-10(14)4-6-19-12/h3-6,8-9H,7H2,1-2H3/t8-,9-/m1/s1. The molecule has 0 spiro atoms. The van der Waals surface area contributed by atoms with Gasteiger partial charge in [0.25, 0.3) is 5.91 Å². The Balaban J connectivity index is 2.04. The van der Waals surface area contributed by atoms with Crippen LogP contribution >= 0.6 is 27.3 Å². The fourth-order valence-electron chi connectivity index (χ4n) is 2.62. The van der Waals surface area contributed by atoms with Crippen LogP contribution in [0.15, 0.2) is 28.2 Å². The second kappa shape index (κ2) is 4.76. The maximum absolute atomic E-state index is 12.7. The SMILES string of the molecule is C[C@@H]1C[C@@H](C)n2nccc2N1C(=O)c1sccc1Br. The van der Waals surface area contributed by atoms with Crippen LogP contribution < -0.4 is 4.90 Å². The van der Waals surface area contributed by atoms with Crippen molar-refractivity contribution in [3.8, 4) is 0 Å². The third-order valence-corrected chi connectivity index (χ3v) is 5.29. The number of carbonyl (C=O) groups is 1. The summed E-state index contributed by atoms with van der Waals surface area (Å²) in [5, 5.41) is 6.25. The van der Waals surface area contributed by atoms with Crippen LogP contribution in [-0.4, -0.2) is 21.7 Å². The van der Waals surface area contributed by atoms with Crippen molar-refractivity contribution in [3.63, 3.8) is 0 Å². The third-order valence-electron chi connectivity index (χ3n) is 3.47. The number of thiophene rings is 1. The predicted octanol–water partition coefficient (Wildman–Crippen LogP) is 3.71. The molecule has 0 radical (unpaired) electrons. The molecule has 0 fully saturated rings. The van der Waals surface area contributed by atoms with Crippen LogP contribution in [0.5, 0.6) is 0 Å². The first-order valence-electron chi connectivity index (χ1n) is 6.19. The molecule has 19 heavy (non-hydrogen) atoms. The van der Waals surface area contributed by atoms with E-state index in [1.165, 1.54) is 11.3 Å². The lowest BCUT2D eigenvalue weighted by atomic mass is 10.1. The average molecular weight is 340 g/mol. The van der Waals surface area contributed by atoms with Crippen LogP contribution in [-0.2, 0) is 0 Å². The Bertz CT molecular complexity index is 621. The number of carbonyl (C=O) groups excluding carboxylic acids is 1. The minimum absolute atomic E-state index is 0.0445. The van der Waals surface area contributed by atoms with Crippen molar-refractivity contribution in [2.75, 3.05) is 4.90 Å². The Kier molecular flexibility index (Phi) is 3.22. The molecule has 0 aromatic carbocycles. The highest BCUT2D eigenvalue weighted by atomic mass is 79.9. The number of anilines is 1. The topological polar surface area (TPSA) is 38.1 Å². The zero-order valence-electron chi connectivity index (χ0n) is 10.7. The average Bonchev–Trinajstić information content (AvgIpc) is 2.97. The number of fused-ring (bicyclic) bond motifs is 1. The molecule has 0 unspecified atom stereocenters. The van der Waals surface area contributed by atoms with Crippen LogP contribution in [0.2, 0.25) is 0 Å². The maximum atomic E-state index is 12.7. The van der Waals surface area contributed by atoms with Gasteiger partial charge in [-0.25, -0.2) is 4.68 Å². The van der Waals surface area contributed by atoms with Gasteiger partial charge in [-0.1, -0.05) is 0 Å². The predicted molar refractivity (Wildman–Crippen MR) is 79.8 cm³/mol. The Hall–Kier alpha value is -1.14. The molecule has 1 aliphatic heterocycles. The summed E-state index contributed by atoms with van der Waals surface area (Å²) in [6.45, 7) is 4.22. The molecule has 2 aromatic rings. The van der Waals surface area contributed by atoms with E-state index < -0.39 is 0 Å². The number of hydrogen-bond acceptors (Lipinski definition) is 3. The molecule has 3 heterocycles. The normalized spacial score (nSPS) is 22.4. The Morgan fingerprint density at radius 1 is 1.42 bits per heavy atom. The van der Waals surface area contributed by atoms with E-state index in [9.17, 15) is 4.79 Å². The van der Waals surface area contributed by atoms with Crippen molar-refractivity contribution >= 4 is 39.0 Å². The highest BCUT2D eigenvalue weighted by Gasteiger charge is 2.33. The van der Waals surface area contributed by atoms with Crippen molar-refractivity contribution in [3.05, 3.63) is 33.1 Å². The van der Waals surface area contributed by atoms with Gasteiger partial charge in [0.2, 0.25) is 0 Å². The molecule has 0 bridgehead atoms. The lowest BCUT2D eigenvalue weighted by molar-refractivity contribution is 0.0970. The van der Waals surface area contributed by atoms with Crippen molar-refractivity contribution in [1.29, 1.82) is 0 Å². The second-order valence-electron chi connectivity index (χ2n) is 4.84. The molecule has 6 heteroatoms. The molecule has 0 saturated heterocycles. The number of nitrogens with zero attached hydrogens (tertiary/aromatic N) is 3. The molecule has 2 atom stereocenters. The monoisotopic (exact) mass is 339 g/mol. The van der Waals surface area contributed by atoms with Crippen LogP contribution in [0.25, 0.3) is 0 Å². The first-order valence-corrected chi connectivity index (χ1v) is 7.87. The largest absolute Gasteiger partial charge is 0.289 e. The van der Waals surface area contributed by atoms with Crippen molar-refractivity contribution in [1.82, 2.24) is 9.78 Å². The van der Waals surface area contributed by atoms with Crippen LogP contribution in [0.1, 0.15) is 36.0 Å². The summed E-state index contributed by atoms with van der Waals surface area (Å²) in [5.41, 5.74) is 0. The Labute approximate surface area is 124 Å². The summed E-state index contributed by atoms with van der Waals surface area (Å²) >= 11 is 4.90. The summed E-state index contributed by atoms with van der Waals surface area (Å²) < 4.78 is 2.79. The fraction of sp³-hybridized carbons (Fsp3) is 0.385. The first-order chi connectivity index (χ1) is 9.09. The first kappa shape index (κ1) is 12.9. The van der Waals surface area contributed by atoms with E-state index in [4.69, 9.17) is 0 Å². The van der Waals surface area contributed by atoms with Crippen molar-refractivity contribution < 1.29 is 4.79 Å². The highest BCUT2D eigenvalue weighted by Crippen LogP contribution is 2.34. The van der Waals surface area contributed by atoms with E-state index in [-0.39, 0.29) is 11.9 Å². The van der Waals surface area contributed by atoms with Gasteiger partial charge in [-0.15, -0.1) is 11.3 Å². The zero-order valence-corrected chi connectivity index (χ0v) is 13.1. The molecule has 0 aliphatic carbocycles. The van der Waals surface area contributed by atoms with Gasteiger partial charge in [-0.05, 0) is 47.6 Å². The lowest BCUT2D eigenvalue weighted by Gasteiger charge is -2.36. The number of aromatic nitrogens is 2. The highest BCUT2D eigenvalue weighted by molar-refractivity contribution is 9.10. The fourth-order valence-corrected chi connectivity index (χ4v) is 4.10. The van der Waals surface area contributed by atoms with Gasteiger partial charge in [-0.2, -0.15) is 5.10 Å². The van der Waals surface area contributed by atoms with E-state index in [0.29, 0.717) is 6.04 Å². The van der Waals surface area contributed by atoms with Gasteiger partial charge in [0.1, 0.15) is 10.7 Å². The number of halogens is 1. The van der Waals surface area contributed by atoms with E-state index in [1.807, 2.05) is 27.1 Å².